The molecule has 1 aromatic rings. The average Bonchev–Trinajstić information content (AvgIpc) is 2.48. The highest BCUT2D eigenvalue weighted by Crippen LogP contribution is 2.34. The largest absolute Gasteiger partial charge is 0.494 e. The molecule has 1 saturated carbocycles. The van der Waals surface area contributed by atoms with Crippen molar-refractivity contribution in [2.45, 2.75) is 51.5 Å². The van der Waals surface area contributed by atoms with Gasteiger partial charge in [-0.1, -0.05) is 25.8 Å². The van der Waals surface area contributed by atoms with Crippen LogP contribution in [0.1, 0.15) is 44.6 Å². The van der Waals surface area contributed by atoms with E-state index in [1.165, 1.54) is 39.2 Å². The maximum atomic E-state index is 13.8. The Hall–Kier alpha value is -1.09. The number of rotatable bonds is 6. The van der Waals surface area contributed by atoms with E-state index in [0.717, 1.165) is 17.9 Å². The van der Waals surface area contributed by atoms with E-state index < -0.39 is 0 Å². The lowest BCUT2D eigenvalue weighted by molar-refractivity contribution is 0.200. The first-order valence-corrected chi connectivity index (χ1v) is 8.17. The summed E-state index contributed by atoms with van der Waals surface area (Å²) in [5, 5.41) is 3.46. The zero-order valence-corrected chi connectivity index (χ0v) is 13.5. The number of benzene rings is 1. The van der Waals surface area contributed by atoms with Crippen LogP contribution >= 0.6 is 0 Å². The van der Waals surface area contributed by atoms with E-state index in [2.05, 4.69) is 12.2 Å². The molecule has 3 unspecified atom stereocenters. The first-order valence-electron chi connectivity index (χ1n) is 8.17. The minimum absolute atomic E-state index is 0.253. The van der Waals surface area contributed by atoms with E-state index in [0.29, 0.717) is 17.7 Å². The highest BCUT2D eigenvalue weighted by molar-refractivity contribution is 5.29. The van der Waals surface area contributed by atoms with Crippen LogP contribution in [0.5, 0.6) is 5.75 Å². The topological polar surface area (TPSA) is 21.3 Å². The molecule has 2 rings (SSSR count). The van der Waals surface area contributed by atoms with E-state index in [9.17, 15) is 4.39 Å². The first-order chi connectivity index (χ1) is 10.2. The van der Waals surface area contributed by atoms with Gasteiger partial charge in [-0.25, -0.2) is 4.39 Å². The lowest BCUT2D eigenvalue weighted by Gasteiger charge is -2.36. The van der Waals surface area contributed by atoms with Crippen LogP contribution in [0.25, 0.3) is 0 Å². The Balaban J connectivity index is 2.05. The van der Waals surface area contributed by atoms with Crippen LogP contribution in [0.2, 0.25) is 0 Å². The molecule has 1 aliphatic rings. The number of nitrogens with one attached hydrogen (secondary N) is 1. The second-order valence-electron chi connectivity index (χ2n) is 6.30. The van der Waals surface area contributed by atoms with Crippen LogP contribution in [-0.4, -0.2) is 20.2 Å². The van der Waals surface area contributed by atoms with E-state index in [-0.39, 0.29) is 5.82 Å². The van der Waals surface area contributed by atoms with E-state index in [4.69, 9.17) is 4.74 Å². The minimum atomic E-state index is -0.253. The highest BCUT2D eigenvalue weighted by Gasteiger charge is 2.29. The zero-order valence-electron chi connectivity index (χ0n) is 13.5. The minimum Gasteiger partial charge on any atom is -0.494 e. The summed E-state index contributed by atoms with van der Waals surface area (Å²) in [5.74, 6) is 1.52. The maximum absolute atomic E-state index is 13.8. The van der Waals surface area contributed by atoms with Gasteiger partial charge in [-0.2, -0.15) is 0 Å². The maximum Gasteiger partial charge on any atom is 0.165 e. The van der Waals surface area contributed by atoms with Crippen LogP contribution in [0.15, 0.2) is 18.2 Å². The fourth-order valence-corrected chi connectivity index (χ4v) is 3.78. The summed E-state index contributed by atoms with van der Waals surface area (Å²) in [6, 6.07) is 5.93. The summed E-state index contributed by atoms with van der Waals surface area (Å²) >= 11 is 0. The van der Waals surface area contributed by atoms with Crippen LogP contribution < -0.4 is 10.1 Å². The van der Waals surface area contributed by atoms with Gasteiger partial charge in [0.1, 0.15) is 0 Å². The molecule has 21 heavy (non-hydrogen) atoms. The Kier molecular flexibility index (Phi) is 6.04. The van der Waals surface area contributed by atoms with Crippen molar-refractivity contribution in [3.05, 3.63) is 29.6 Å². The predicted octanol–water partition coefficient (Wildman–Crippen LogP) is 4.18. The van der Waals surface area contributed by atoms with E-state index >= 15 is 0 Å². The van der Waals surface area contributed by atoms with Crippen LogP contribution in [0.3, 0.4) is 0 Å². The Morgan fingerprint density at radius 2 is 2.14 bits per heavy atom. The van der Waals surface area contributed by atoms with Crippen molar-refractivity contribution in [3.63, 3.8) is 0 Å². The Morgan fingerprint density at radius 3 is 2.76 bits per heavy atom. The lowest BCUT2D eigenvalue weighted by atomic mass is 9.74. The lowest BCUT2D eigenvalue weighted by Crippen LogP contribution is -2.39. The van der Waals surface area contributed by atoms with E-state index in [1.54, 1.807) is 12.1 Å². The van der Waals surface area contributed by atoms with Crippen LogP contribution in [-0.2, 0) is 6.42 Å². The standard InChI is InChI=1S/C18H28FNO/c1-4-5-13-6-8-17(20-2)15(10-13)11-14-7-9-18(21-3)16(19)12-14/h7,9,12-13,15,17,20H,4-6,8,10-11H2,1-3H3. The number of ether oxygens (including phenoxy) is 1. The van der Waals surface area contributed by atoms with Gasteiger partial charge < -0.3 is 10.1 Å². The Labute approximate surface area is 128 Å². The van der Waals surface area contributed by atoms with Crippen molar-refractivity contribution in [2.75, 3.05) is 14.2 Å². The van der Waals surface area contributed by atoms with Gasteiger partial charge in [0.25, 0.3) is 0 Å². The van der Waals surface area contributed by atoms with Crippen LogP contribution in [0, 0.1) is 17.7 Å². The number of hydrogen-bond donors (Lipinski definition) is 1. The van der Waals surface area contributed by atoms with E-state index in [1.807, 2.05) is 13.1 Å². The molecule has 0 saturated heterocycles. The highest BCUT2D eigenvalue weighted by atomic mass is 19.1. The summed E-state index contributed by atoms with van der Waals surface area (Å²) in [7, 11) is 3.55. The average molecular weight is 293 g/mol. The second kappa shape index (κ2) is 7.79. The van der Waals surface area contributed by atoms with Gasteiger partial charge in [0.05, 0.1) is 7.11 Å². The van der Waals surface area contributed by atoms with Crippen molar-refractivity contribution in [1.82, 2.24) is 5.32 Å². The summed E-state index contributed by atoms with van der Waals surface area (Å²) in [6.07, 6.45) is 7.36. The zero-order chi connectivity index (χ0) is 15.2. The Morgan fingerprint density at radius 1 is 1.33 bits per heavy atom. The van der Waals surface area contributed by atoms with Crippen molar-refractivity contribution < 1.29 is 9.13 Å². The molecule has 1 N–H and O–H groups in total. The fourth-order valence-electron chi connectivity index (χ4n) is 3.78. The molecular formula is C18H28FNO. The molecule has 0 radical (unpaired) electrons. The third-order valence-corrected chi connectivity index (χ3v) is 4.87. The smallest absolute Gasteiger partial charge is 0.165 e. The van der Waals surface area contributed by atoms with Gasteiger partial charge >= 0.3 is 0 Å². The van der Waals surface area contributed by atoms with Gasteiger partial charge in [-0.3, -0.25) is 0 Å². The van der Waals surface area contributed by atoms with Gasteiger partial charge in [-0.15, -0.1) is 0 Å². The van der Waals surface area contributed by atoms with Gasteiger partial charge in [0.15, 0.2) is 11.6 Å². The third-order valence-electron chi connectivity index (χ3n) is 4.87. The molecule has 118 valence electrons. The van der Waals surface area contributed by atoms with Gasteiger partial charge in [0.2, 0.25) is 0 Å². The normalized spacial score (nSPS) is 25.8. The van der Waals surface area contributed by atoms with Crippen molar-refractivity contribution in [1.29, 1.82) is 0 Å². The molecule has 0 bridgehead atoms. The van der Waals surface area contributed by atoms with Crippen molar-refractivity contribution >= 4 is 0 Å². The van der Waals surface area contributed by atoms with Gasteiger partial charge in [-0.05, 0) is 62.3 Å². The molecule has 0 heterocycles. The molecule has 3 atom stereocenters. The SMILES string of the molecule is CCCC1CCC(NC)C(Cc2ccc(OC)c(F)c2)C1. The Bertz CT molecular complexity index is 449. The fraction of sp³-hybridized carbons (Fsp3) is 0.667. The number of hydrogen-bond acceptors (Lipinski definition) is 2. The molecule has 0 spiro atoms. The van der Waals surface area contributed by atoms with Gasteiger partial charge in [0, 0.05) is 6.04 Å². The summed E-state index contributed by atoms with van der Waals surface area (Å²) in [5.41, 5.74) is 1.08. The quantitative estimate of drug-likeness (QED) is 0.849. The van der Waals surface area contributed by atoms with Crippen LogP contribution in [0.4, 0.5) is 4.39 Å². The molecule has 2 nitrogen and oxygen atoms in total. The van der Waals surface area contributed by atoms with Crippen molar-refractivity contribution in [3.8, 4) is 5.75 Å². The summed E-state index contributed by atoms with van der Waals surface area (Å²) in [4.78, 5) is 0. The molecule has 0 aliphatic heterocycles. The number of halogens is 1. The summed E-state index contributed by atoms with van der Waals surface area (Å²) in [6.45, 7) is 2.26. The molecule has 1 fully saturated rings. The first kappa shape index (κ1) is 16.3. The molecular weight excluding hydrogens is 265 g/mol. The molecule has 1 aliphatic carbocycles. The molecule has 3 heteroatoms. The summed E-state index contributed by atoms with van der Waals surface area (Å²) < 4.78 is 18.8. The number of methoxy groups -OCH3 is 1. The molecule has 0 aromatic heterocycles. The molecule has 1 aromatic carbocycles. The predicted molar refractivity (Wildman–Crippen MR) is 85.2 cm³/mol. The third kappa shape index (κ3) is 4.19. The second-order valence-corrected chi connectivity index (χ2v) is 6.30. The van der Waals surface area contributed by atoms with Crippen molar-refractivity contribution in [2.24, 2.45) is 11.8 Å². The monoisotopic (exact) mass is 293 g/mol. The molecule has 0 amide bonds.